The van der Waals surface area contributed by atoms with Crippen LogP contribution in [0.25, 0.3) is 0 Å². The molecule has 5 nitrogen and oxygen atoms in total. The van der Waals surface area contributed by atoms with Crippen molar-refractivity contribution in [3.05, 3.63) is 0 Å². The van der Waals surface area contributed by atoms with Gasteiger partial charge in [0.2, 0.25) is 5.91 Å². The molecule has 2 rings (SSSR count). The second kappa shape index (κ2) is 5.04. The molecule has 2 aliphatic heterocycles. The van der Waals surface area contributed by atoms with Crippen LogP contribution in [0.1, 0.15) is 26.2 Å². The molecule has 0 saturated carbocycles. The predicted octanol–water partition coefficient (Wildman–Crippen LogP) is 0.308. The molecule has 2 fully saturated rings. The van der Waals surface area contributed by atoms with Crippen molar-refractivity contribution in [3.8, 4) is 0 Å². The molecule has 96 valence electrons. The summed E-state index contributed by atoms with van der Waals surface area (Å²) in [7, 11) is 0. The maximum absolute atomic E-state index is 12.3. The van der Waals surface area contributed by atoms with Gasteiger partial charge in [0.1, 0.15) is 6.04 Å². The van der Waals surface area contributed by atoms with E-state index in [1.165, 1.54) is 0 Å². The van der Waals surface area contributed by atoms with Crippen LogP contribution in [0.2, 0.25) is 0 Å². The van der Waals surface area contributed by atoms with Gasteiger partial charge < -0.3 is 15.3 Å². The number of carbonyl (C=O) groups is 2. The summed E-state index contributed by atoms with van der Waals surface area (Å²) in [5.41, 5.74) is 0. The first-order valence-electron chi connectivity index (χ1n) is 6.35. The van der Waals surface area contributed by atoms with Crippen molar-refractivity contribution in [1.82, 2.24) is 10.2 Å². The van der Waals surface area contributed by atoms with Gasteiger partial charge in [-0.1, -0.05) is 6.92 Å². The molecular formula is C12H20N2O3. The summed E-state index contributed by atoms with van der Waals surface area (Å²) in [4.78, 5) is 25.2. The Morgan fingerprint density at radius 3 is 2.71 bits per heavy atom. The fourth-order valence-corrected chi connectivity index (χ4v) is 2.91. The van der Waals surface area contributed by atoms with Crippen LogP contribution in [0.15, 0.2) is 0 Å². The summed E-state index contributed by atoms with van der Waals surface area (Å²) in [6.45, 7) is 4.06. The quantitative estimate of drug-likeness (QED) is 0.728. The van der Waals surface area contributed by atoms with Crippen LogP contribution >= 0.6 is 0 Å². The Balaban J connectivity index is 2.10. The van der Waals surface area contributed by atoms with Gasteiger partial charge >= 0.3 is 5.97 Å². The Morgan fingerprint density at radius 2 is 2.12 bits per heavy atom. The van der Waals surface area contributed by atoms with Crippen molar-refractivity contribution < 1.29 is 14.7 Å². The second-order valence-electron chi connectivity index (χ2n) is 5.12. The van der Waals surface area contributed by atoms with E-state index in [4.69, 9.17) is 0 Å². The van der Waals surface area contributed by atoms with Crippen LogP contribution in [0.3, 0.4) is 0 Å². The van der Waals surface area contributed by atoms with E-state index in [9.17, 15) is 14.7 Å². The molecule has 2 aliphatic rings. The lowest BCUT2D eigenvalue weighted by molar-refractivity contribution is -0.156. The summed E-state index contributed by atoms with van der Waals surface area (Å²) < 4.78 is 0. The van der Waals surface area contributed by atoms with Gasteiger partial charge in [-0.25, -0.2) is 4.79 Å². The normalized spacial score (nSPS) is 33.7. The van der Waals surface area contributed by atoms with E-state index in [2.05, 4.69) is 5.32 Å². The van der Waals surface area contributed by atoms with E-state index in [1.807, 2.05) is 6.92 Å². The van der Waals surface area contributed by atoms with Gasteiger partial charge in [0.25, 0.3) is 0 Å². The number of likely N-dealkylation sites (tertiary alicyclic amines) is 1. The van der Waals surface area contributed by atoms with Crippen molar-refractivity contribution in [2.24, 2.45) is 11.8 Å². The van der Waals surface area contributed by atoms with Crippen LogP contribution in [0.5, 0.6) is 0 Å². The van der Waals surface area contributed by atoms with Crippen molar-refractivity contribution in [2.45, 2.75) is 32.2 Å². The number of rotatable bonds is 2. The highest BCUT2D eigenvalue weighted by atomic mass is 16.4. The van der Waals surface area contributed by atoms with E-state index in [0.29, 0.717) is 13.1 Å². The highest BCUT2D eigenvalue weighted by molar-refractivity contribution is 5.85. The molecule has 0 aromatic carbocycles. The minimum atomic E-state index is -0.864. The summed E-state index contributed by atoms with van der Waals surface area (Å²) in [6.07, 6.45) is 2.64. The lowest BCUT2D eigenvalue weighted by atomic mass is 9.89. The zero-order chi connectivity index (χ0) is 12.4. The number of hydrogen-bond acceptors (Lipinski definition) is 3. The van der Waals surface area contributed by atoms with Gasteiger partial charge in [0.15, 0.2) is 0 Å². The molecule has 1 amide bonds. The third-order valence-corrected chi connectivity index (χ3v) is 3.88. The number of piperidine rings is 1. The van der Waals surface area contributed by atoms with E-state index in [1.54, 1.807) is 4.90 Å². The average molecular weight is 240 g/mol. The van der Waals surface area contributed by atoms with Crippen LogP contribution in [-0.2, 0) is 9.59 Å². The zero-order valence-corrected chi connectivity index (χ0v) is 10.2. The van der Waals surface area contributed by atoms with Crippen molar-refractivity contribution >= 4 is 11.9 Å². The van der Waals surface area contributed by atoms with Crippen molar-refractivity contribution in [3.63, 3.8) is 0 Å². The summed E-state index contributed by atoms with van der Waals surface area (Å²) in [5.74, 6) is -0.813. The van der Waals surface area contributed by atoms with Crippen molar-refractivity contribution in [1.29, 1.82) is 0 Å². The summed E-state index contributed by atoms with van der Waals surface area (Å²) in [6, 6.07) is -0.628. The van der Waals surface area contributed by atoms with Crippen LogP contribution in [0.4, 0.5) is 0 Å². The standard InChI is InChI=1S/C12H20N2O3/c1-8-3-2-6-14(10(8)12(16)17)11(15)9-4-5-13-7-9/h8-10,13H,2-7H2,1H3,(H,16,17). The molecule has 0 bridgehead atoms. The zero-order valence-electron chi connectivity index (χ0n) is 10.2. The Hall–Kier alpha value is -1.10. The number of hydrogen-bond donors (Lipinski definition) is 2. The highest BCUT2D eigenvalue weighted by Gasteiger charge is 2.39. The SMILES string of the molecule is CC1CCCN(C(=O)C2CCNC2)C1C(=O)O. The van der Waals surface area contributed by atoms with Gasteiger partial charge in [-0.05, 0) is 31.7 Å². The molecule has 17 heavy (non-hydrogen) atoms. The minimum Gasteiger partial charge on any atom is -0.480 e. The maximum atomic E-state index is 12.3. The molecule has 2 saturated heterocycles. The van der Waals surface area contributed by atoms with Gasteiger partial charge in [-0.3, -0.25) is 4.79 Å². The third-order valence-electron chi connectivity index (χ3n) is 3.88. The first kappa shape index (κ1) is 12.4. The first-order chi connectivity index (χ1) is 8.11. The van der Waals surface area contributed by atoms with E-state index in [-0.39, 0.29) is 17.7 Å². The third kappa shape index (κ3) is 2.44. The van der Waals surface area contributed by atoms with Crippen molar-refractivity contribution in [2.75, 3.05) is 19.6 Å². The van der Waals surface area contributed by atoms with E-state index >= 15 is 0 Å². The molecule has 3 atom stereocenters. The fraction of sp³-hybridized carbons (Fsp3) is 0.833. The van der Waals surface area contributed by atoms with Gasteiger partial charge in [-0.15, -0.1) is 0 Å². The molecule has 0 aromatic heterocycles. The fourth-order valence-electron chi connectivity index (χ4n) is 2.91. The van der Waals surface area contributed by atoms with Gasteiger partial charge in [0, 0.05) is 13.1 Å². The highest BCUT2D eigenvalue weighted by Crippen LogP contribution is 2.26. The molecule has 5 heteroatoms. The number of carboxylic acid groups (broad SMARTS) is 1. The minimum absolute atomic E-state index is 0.0222. The number of carboxylic acids is 1. The molecular weight excluding hydrogens is 220 g/mol. The number of carbonyl (C=O) groups excluding carboxylic acids is 1. The number of amides is 1. The Kier molecular flexibility index (Phi) is 3.66. The smallest absolute Gasteiger partial charge is 0.326 e. The largest absolute Gasteiger partial charge is 0.480 e. The lowest BCUT2D eigenvalue weighted by Crippen LogP contribution is -2.53. The Bertz CT molecular complexity index is 313. The van der Waals surface area contributed by atoms with Crippen LogP contribution < -0.4 is 5.32 Å². The lowest BCUT2D eigenvalue weighted by Gasteiger charge is -2.38. The van der Waals surface area contributed by atoms with Gasteiger partial charge in [-0.2, -0.15) is 0 Å². The monoisotopic (exact) mass is 240 g/mol. The predicted molar refractivity (Wildman–Crippen MR) is 62.5 cm³/mol. The van der Waals surface area contributed by atoms with Gasteiger partial charge in [0.05, 0.1) is 5.92 Å². The second-order valence-corrected chi connectivity index (χ2v) is 5.12. The Labute approximate surface area is 101 Å². The topological polar surface area (TPSA) is 69.6 Å². The number of aliphatic carboxylic acids is 1. The molecule has 0 aromatic rings. The van der Waals surface area contributed by atoms with Crippen LogP contribution in [0, 0.1) is 11.8 Å². The average Bonchev–Trinajstić information content (AvgIpc) is 2.80. The molecule has 2 N–H and O–H groups in total. The molecule has 3 unspecified atom stereocenters. The summed E-state index contributed by atoms with van der Waals surface area (Å²) in [5, 5.41) is 12.4. The molecule has 0 spiro atoms. The molecule has 2 heterocycles. The Morgan fingerprint density at radius 1 is 1.35 bits per heavy atom. The number of nitrogens with zero attached hydrogens (tertiary/aromatic N) is 1. The van der Waals surface area contributed by atoms with E-state index in [0.717, 1.165) is 25.8 Å². The van der Waals surface area contributed by atoms with Crippen LogP contribution in [-0.4, -0.2) is 47.6 Å². The first-order valence-corrected chi connectivity index (χ1v) is 6.35. The molecule has 0 radical (unpaired) electrons. The summed E-state index contributed by atoms with van der Waals surface area (Å²) >= 11 is 0. The van der Waals surface area contributed by atoms with E-state index < -0.39 is 12.0 Å². The maximum Gasteiger partial charge on any atom is 0.326 e. The number of nitrogens with one attached hydrogen (secondary N) is 1. The molecule has 0 aliphatic carbocycles.